The van der Waals surface area contributed by atoms with Gasteiger partial charge in [-0.2, -0.15) is 0 Å². The lowest BCUT2D eigenvalue weighted by Crippen LogP contribution is -2.36. The summed E-state index contributed by atoms with van der Waals surface area (Å²) in [6, 6.07) is 20.0. The number of carbonyl (C=O) groups is 2. The maximum atomic E-state index is 13.3. The van der Waals surface area contributed by atoms with Gasteiger partial charge in [-0.15, -0.1) is 0 Å². The highest BCUT2D eigenvalue weighted by Crippen LogP contribution is 2.15. The van der Waals surface area contributed by atoms with Gasteiger partial charge in [0, 0.05) is 25.2 Å². The molecule has 0 saturated carbocycles. The van der Waals surface area contributed by atoms with E-state index in [0.717, 1.165) is 22.4 Å². The first-order valence-corrected chi connectivity index (χ1v) is 11.0. The molecule has 4 rings (SSSR count). The Morgan fingerprint density at radius 2 is 1.76 bits per heavy atom. The molecule has 0 aliphatic carbocycles. The molecule has 4 aromatic rings. The van der Waals surface area contributed by atoms with Gasteiger partial charge in [0.15, 0.2) is 0 Å². The van der Waals surface area contributed by atoms with Crippen LogP contribution in [0.1, 0.15) is 28.7 Å². The Morgan fingerprint density at radius 3 is 2.47 bits per heavy atom. The summed E-state index contributed by atoms with van der Waals surface area (Å²) in [7, 11) is 0. The molecule has 1 heterocycles. The number of hydrogen-bond acceptors (Lipinski definition) is 4. The number of aromatic amines is 1. The van der Waals surface area contributed by atoms with Crippen LogP contribution < -0.4 is 5.32 Å². The summed E-state index contributed by atoms with van der Waals surface area (Å²) >= 11 is 0. The molecule has 0 atom stereocenters. The predicted molar refractivity (Wildman–Crippen MR) is 128 cm³/mol. The van der Waals surface area contributed by atoms with Gasteiger partial charge in [-0.3, -0.25) is 0 Å². The largest absolute Gasteiger partial charge is 0.462 e. The summed E-state index contributed by atoms with van der Waals surface area (Å²) in [5.41, 5.74) is 3.57. The number of hydrogen-bond donors (Lipinski definition) is 2. The second kappa shape index (κ2) is 10.6. The fourth-order valence-corrected chi connectivity index (χ4v) is 3.53. The van der Waals surface area contributed by atoms with E-state index in [2.05, 4.69) is 15.3 Å². The van der Waals surface area contributed by atoms with Crippen molar-refractivity contribution in [3.63, 3.8) is 0 Å². The highest BCUT2D eigenvalue weighted by Gasteiger charge is 2.16. The van der Waals surface area contributed by atoms with Crippen molar-refractivity contribution in [2.45, 2.75) is 19.9 Å². The van der Waals surface area contributed by atoms with E-state index in [4.69, 9.17) is 4.74 Å². The van der Waals surface area contributed by atoms with Crippen LogP contribution in [0.5, 0.6) is 0 Å². The highest BCUT2D eigenvalue weighted by molar-refractivity contribution is 5.92. The number of amides is 2. The van der Waals surface area contributed by atoms with Gasteiger partial charge in [-0.05, 0) is 61.0 Å². The fraction of sp³-hybridized carbons (Fsp3) is 0.192. The van der Waals surface area contributed by atoms with Gasteiger partial charge < -0.3 is 19.9 Å². The van der Waals surface area contributed by atoms with Gasteiger partial charge in [0.2, 0.25) is 0 Å². The number of ether oxygens (including phenoxy) is 1. The van der Waals surface area contributed by atoms with Gasteiger partial charge >= 0.3 is 12.0 Å². The van der Waals surface area contributed by atoms with Crippen LogP contribution in [-0.4, -0.2) is 40.0 Å². The van der Waals surface area contributed by atoms with Crippen molar-refractivity contribution in [2.24, 2.45) is 0 Å². The van der Waals surface area contributed by atoms with Crippen LogP contribution in [0.2, 0.25) is 0 Å². The number of anilines is 1. The molecule has 2 amide bonds. The van der Waals surface area contributed by atoms with Crippen LogP contribution >= 0.6 is 0 Å². The van der Waals surface area contributed by atoms with Crippen LogP contribution in [0, 0.1) is 5.82 Å². The lowest BCUT2D eigenvalue weighted by molar-refractivity contribution is 0.0526. The fourth-order valence-electron chi connectivity index (χ4n) is 3.53. The highest BCUT2D eigenvalue weighted by atomic mass is 19.1. The van der Waals surface area contributed by atoms with Crippen molar-refractivity contribution in [3.8, 4) is 0 Å². The maximum Gasteiger partial charge on any atom is 0.338 e. The minimum atomic E-state index is -0.413. The number of halogens is 1. The first kappa shape index (κ1) is 23.0. The number of nitrogens with one attached hydrogen (secondary N) is 2. The number of esters is 1. The van der Waals surface area contributed by atoms with E-state index >= 15 is 0 Å². The van der Waals surface area contributed by atoms with Crippen molar-refractivity contribution in [2.75, 3.05) is 18.5 Å². The number of para-hydroxylation sites is 2. The summed E-state index contributed by atoms with van der Waals surface area (Å²) in [4.78, 5) is 34.5. The van der Waals surface area contributed by atoms with Gasteiger partial charge in [-0.1, -0.05) is 24.3 Å². The SMILES string of the molecule is CCOC(=O)c1ccc(NC(=O)N(CCc2nc3ccccc3[nH]2)Cc2ccc(F)cc2)cc1. The molecule has 0 bridgehead atoms. The molecule has 0 radical (unpaired) electrons. The maximum absolute atomic E-state index is 13.3. The first-order valence-electron chi connectivity index (χ1n) is 11.0. The van der Waals surface area contributed by atoms with E-state index in [9.17, 15) is 14.0 Å². The predicted octanol–water partition coefficient (Wildman–Crippen LogP) is 5.16. The van der Waals surface area contributed by atoms with Crippen molar-refractivity contribution >= 4 is 28.7 Å². The lowest BCUT2D eigenvalue weighted by atomic mass is 10.2. The Kier molecular flexibility index (Phi) is 7.17. The number of fused-ring (bicyclic) bond motifs is 1. The zero-order valence-corrected chi connectivity index (χ0v) is 18.8. The third kappa shape index (κ3) is 5.78. The molecule has 3 aromatic carbocycles. The standard InChI is InChI=1S/C26H25FN4O3/c1-2-34-25(32)19-9-13-21(14-10-19)28-26(33)31(17-18-7-11-20(27)12-8-18)16-15-24-29-22-5-3-4-6-23(22)30-24/h3-14H,2,15-17H2,1H3,(H,28,33)(H,29,30). The lowest BCUT2D eigenvalue weighted by Gasteiger charge is -2.23. The molecule has 0 fully saturated rings. The molecule has 1 aromatic heterocycles. The quantitative estimate of drug-likeness (QED) is 0.356. The molecule has 0 aliphatic rings. The molecule has 174 valence electrons. The van der Waals surface area contributed by atoms with Gasteiger partial charge in [0.05, 0.1) is 23.2 Å². The van der Waals surface area contributed by atoms with Crippen molar-refractivity contribution in [1.29, 1.82) is 0 Å². The second-order valence-electron chi connectivity index (χ2n) is 7.73. The summed E-state index contributed by atoms with van der Waals surface area (Å²) in [5.74, 6) is 0.0322. The van der Waals surface area contributed by atoms with E-state index in [0.29, 0.717) is 37.4 Å². The van der Waals surface area contributed by atoms with Crippen LogP contribution in [-0.2, 0) is 17.7 Å². The molecular weight excluding hydrogens is 435 g/mol. The van der Waals surface area contributed by atoms with Crippen molar-refractivity contribution < 1.29 is 18.7 Å². The topological polar surface area (TPSA) is 87.3 Å². The average molecular weight is 461 g/mol. The number of rotatable bonds is 8. The number of nitrogens with zero attached hydrogens (tertiary/aromatic N) is 2. The molecule has 0 unspecified atom stereocenters. The van der Waals surface area contributed by atoms with E-state index in [-0.39, 0.29) is 11.8 Å². The average Bonchev–Trinajstić information content (AvgIpc) is 3.26. The number of carbonyl (C=O) groups excluding carboxylic acids is 2. The summed E-state index contributed by atoms with van der Waals surface area (Å²) < 4.78 is 18.3. The second-order valence-corrected chi connectivity index (χ2v) is 7.73. The van der Waals surface area contributed by atoms with Crippen LogP contribution in [0.4, 0.5) is 14.9 Å². The van der Waals surface area contributed by atoms with Crippen LogP contribution in [0.25, 0.3) is 11.0 Å². The number of H-pyrrole nitrogens is 1. The smallest absolute Gasteiger partial charge is 0.338 e. The monoisotopic (exact) mass is 460 g/mol. The zero-order valence-electron chi connectivity index (χ0n) is 18.8. The molecule has 34 heavy (non-hydrogen) atoms. The number of benzene rings is 3. The van der Waals surface area contributed by atoms with E-state index < -0.39 is 5.97 Å². The minimum absolute atomic E-state index is 0.293. The Morgan fingerprint density at radius 1 is 1.03 bits per heavy atom. The number of imidazole rings is 1. The molecule has 8 heteroatoms. The van der Waals surface area contributed by atoms with E-state index in [1.807, 2.05) is 24.3 Å². The Hall–Kier alpha value is -4.20. The molecule has 7 nitrogen and oxygen atoms in total. The van der Waals surface area contributed by atoms with Crippen molar-refractivity contribution in [3.05, 3.63) is 95.6 Å². The number of aromatic nitrogens is 2. The van der Waals surface area contributed by atoms with Crippen LogP contribution in [0.3, 0.4) is 0 Å². The van der Waals surface area contributed by atoms with Crippen LogP contribution in [0.15, 0.2) is 72.8 Å². The molecular formula is C26H25FN4O3. The molecule has 0 saturated heterocycles. The minimum Gasteiger partial charge on any atom is -0.462 e. The zero-order chi connectivity index (χ0) is 23.9. The number of urea groups is 1. The third-order valence-electron chi connectivity index (χ3n) is 5.28. The normalized spacial score (nSPS) is 10.8. The Balaban J connectivity index is 1.47. The Labute approximate surface area is 196 Å². The molecule has 0 aliphatic heterocycles. The summed E-state index contributed by atoms with van der Waals surface area (Å²) in [6.45, 7) is 2.73. The first-order chi connectivity index (χ1) is 16.5. The van der Waals surface area contributed by atoms with E-state index in [1.165, 1.54) is 12.1 Å². The van der Waals surface area contributed by atoms with Gasteiger partial charge in [0.1, 0.15) is 11.6 Å². The molecule has 0 spiro atoms. The molecule has 2 N–H and O–H groups in total. The van der Waals surface area contributed by atoms with Crippen molar-refractivity contribution in [1.82, 2.24) is 14.9 Å². The van der Waals surface area contributed by atoms with E-state index in [1.54, 1.807) is 48.2 Å². The summed E-state index contributed by atoms with van der Waals surface area (Å²) in [5, 5.41) is 2.86. The Bertz CT molecular complexity index is 1240. The summed E-state index contributed by atoms with van der Waals surface area (Å²) in [6.07, 6.45) is 0.519. The van der Waals surface area contributed by atoms with Gasteiger partial charge in [-0.25, -0.2) is 19.0 Å². The van der Waals surface area contributed by atoms with Gasteiger partial charge in [0.25, 0.3) is 0 Å². The third-order valence-corrected chi connectivity index (χ3v) is 5.28.